The highest BCUT2D eigenvalue weighted by Crippen LogP contribution is 2.09. The lowest BCUT2D eigenvalue weighted by atomic mass is 10.1. The monoisotopic (exact) mass is 359 g/mol. The highest BCUT2D eigenvalue weighted by atomic mass is 16.6. The van der Waals surface area contributed by atoms with Crippen LogP contribution in [0.25, 0.3) is 0 Å². The largest absolute Gasteiger partial charge is 0.464 e. The number of ether oxygens (including phenoxy) is 3. The van der Waals surface area contributed by atoms with Gasteiger partial charge < -0.3 is 14.2 Å². The van der Waals surface area contributed by atoms with Gasteiger partial charge in [0.15, 0.2) is 0 Å². The van der Waals surface area contributed by atoms with Gasteiger partial charge in [0.25, 0.3) is 0 Å². The molecule has 0 aromatic carbocycles. The van der Waals surface area contributed by atoms with Crippen molar-refractivity contribution in [2.45, 2.75) is 71.6 Å². The van der Waals surface area contributed by atoms with Gasteiger partial charge in [-0.15, -0.1) is 0 Å². The maximum atomic E-state index is 11.8. The Kier molecular flexibility index (Phi) is 16.6. The quantitative estimate of drug-likeness (QED) is 0.306. The van der Waals surface area contributed by atoms with Crippen LogP contribution in [0.1, 0.15) is 71.6 Å². The summed E-state index contributed by atoms with van der Waals surface area (Å²) in [5, 5.41) is 0. The topological polar surface area (TPSA) is 65.1 Å². The molecule has 0 rings (SSSR count). The Bertz CT molecular complexity index is 336. The van der Waals surface area contributed by atoms with Crippen LogP contribution in [0.15, 0.2) is 0 Å². The minimum atomic E-state index is -0.514. The molecule has 148 valence electrons. The smallest absolute Gasteiger partial charge is 0.410 e. The molecule has 1 amide bonds. The number of unbranched alkanes of at least 4 members (excludes halogenated alkanes) is 8. The normalized spacial score (nSPS) is 10.5. The predicted octanol–water partition coefficient (Wildman–Crippen LogP) is 4.17. The second-order valence-electron chi connectivity index (χ2n) is 6.17. The minimum absolute atomic E-state index is 0.0697. The first kappa shape index (κ1) is 23.7. The van der Waals surface area contributed by atoms with Gasteiger partial charge in [-0.2, -0.15) is 0 Å². The molecule has 0 N–H and O–H groups in total. The van der Waals surface area contributed by atoms with E-state index in [1.165, 1.54) is 57.0 Å². The average Bonchev–Trinajstić information content (AvgIpc) is 2.61. The van der Waals surface area contributed by atoms with E-state index in [9.17, 15) is 9.59 Å². The van der Waals surface area contributed by atoms with Gasteiger partial charge in [0.05, 0.1) is 13.2 Å². The molecule has 0 aromatic rings. The molecule has 0 atom stereocenters. The van der Waals surface area contributed by atoms with Gasteiger partial charge in [-0.05, 0) is 13.3 Å². The second kappa shape index (κ2) is 17.5. The van der Waals surface area contributed by atoms with E-state index in [-0.39, 0.29) is 19.1 Å². The molecule has 0 spiro atoms. The van der Waals surface area contributed by atoms with Crippen LogP contribution in [-0.2, 0) is 19.0 Å². The number of esters is 1. The molecule has 0 radical (unpaired) electrons. The van der Waals surface area contributed by atoms with Crippen LogP contribution in [0.4, 0.5) is 4.79 Å². The second-order valence-corrected chi connectivity index (χ2v) is 6.17. The third-order valence-electron chi connectivity index (χ3n) is 3.98. The molecule has 25 heavy (non-hydrogen) atoms. The third kappa shape index (κ3) is 14.7. The van der Waals surface area contributed by atoms with Crippen molar-refractivity contribution in [2.75, 3.05) is 40.0 Å². The fourth-order valence-corrected chi connectivity index (χ4v) is 2.41. The maximum Gasteiger partial charge on any atom is 0.410 e. The van der Waals surface area contributed by atoms with E-state index in [1.54, 1.807) is 6.92 Å². The molecule has 0 aliphatic rings. The van der Waals surface area contributed by atoms with Crippen LogP contribution in [0.5, 0.6) is 0 Å². The highest BCUT2D eigenvalue weighted by molar-refractivity contribution is 5.78. The van der Waals surface area contributed by atoms with E-state index < -0.39 is 6.09 Å². The molecular formula is C19H37NO5. The van der Waals surface area contributed by atoms with Crippen molar-refractivity contribution >= 4 is 12.1 Å². The van der Waals surface area contributed by atoms with Gasteiger partial charge in [-0.1, -0.05) is 58.3 Å². The van der Waals surface area contributed by atoms with Gasteiger partial charge in [-0.25, -0.2) is 4.79 Å². The summed E-state index contributed by atoms with van der Waals surface area (Å²) in [6.45, 7) is 5.30. The number of likely N-dealkylation sites (N-methyl/N-ethyl adjacent to an activating group) is 1. The van der Waals surface area contributed by atoms with Crippen LogP contribution < -0.4 is 0 Å². The van der Waals surface area contributed by atoms with Crippen LogP contribution in [0.2, 0.25) is 0 Å². The van der Waals surface area contributed by atoms with Gasteiger partial charge in [0.1, 0.15) is 13.2 Å². The summed E-state index contributed by atoms with van der Waals surface area (Å²) in [5.74, 6) is -0.384. The zero-order valence-corrected chi connectivity index (χ0v) is 16.4. The number of hydrogen-bond donors (Lipinski definition) is 0. The first-order valence-corrected chi connectivity index (χ1v) is 9.71. The summed E-state index contributed by atoms with van der Waals surface area (Å²) >= 11 is 0. The summed E-state index contributed by atoms with van der Waals surface area (Å²) in [6, 6.07) is 0. The Hall–Kier alpha value is -1.30. The molecule has 0 heterocycles. The first-order chi connectivity index (χ1) is 12.2. The van der Waals surface area contributed by atoms with Crippen molar-refractivity contribution in [1.29, 1.82) is 0 Å². The average molecular weight is 360 g/mol. The summed E-state index contributed by atoms with van der Waals surface area (Å²) < 4.78 is 15.0. The molecule has 0 aliphatic carbocycles. The molecule has 0 saturated heterocycles. The van der Waals surface area contributed by atoms with E-state index in [4.69, 9.17) is 14.2 Å². The fourth-order valence-electron chi connectivity index (χ4n) is 2.41. The van der Waals surface area contributed by atoms with Crippen molar-refractivity contribution in [1.82, 2.24) is 4.90 Å². The summed E-state index contributed by atoms with van der Waals surface area (Å²) in [5.41, 5.74) is 0. The van der Waals surface area contributed by atoms with Crippen molar-refractivity contribution in [3.63, 3.8) is 0 Å². The number of amides is 1. The Labute approximate surface area is 153 Å². The lowest BCUT2D eigenvalue weighted by Crippen LogP contribution is -2.37. The van der Waals surface area contributed by atoms with Crippen molar-refractivity contribution in [3.05, 3.63) is 0 Å². The van der Waals surface area contributed by atoms with Crippen LogP contribution in [0, 0.1) is 0 Å². The lowest BCUT2D eigenvalue weighted by molar-refractivity contribution is -0.144. The predicted molar refractivity (Wildman–Crippen MR) is 98.7 cm³/mol. The Morgan fingerprint density at radius 3 is 1.92 bits per heavy atom. The molecule has 0 aliphatic heterocycles. The Balaban J connectivity index is 3.62. The SMILES string of the molecule is CCCCCCCCCCCOC(=O)CN(CC)C(=O)OCCOC. The molecule has 0 saturated carbocycles. The first-order valence-electron chi connectivity index (χ1n) is 9.71. The van der Waals surface area contributed by atoms with E-state index in [0.717, 1.165) is 12.8 Å². The van der Waals surface area contributed by atoms with Crippen LogP contribution in [0.3, 0.4) is 0 Å². The fraction of sp³-hybridized carbons (Fsp3) is 0.895. The molecule has 6 nitrogen and oxygen atoms in total. The molecule has 0 bridgehead atoms. The zero-order valence-electron chi connectivity index (χ0n) is 16.4. The standard InChI is InChI=1S/C19H37NO5/c1-4-6-7-8-9-10-11-12-13-14-24-18(21)17-20(5-2)19(22)25-16-15-23-3/h4-17H2,1-3H3. The van der Waals surface area contributed by atoms with Crippen molar-refractivity contribution in [3.8, 4) is 0 Å². The number of carbonyl (C=O) groups is 2. The van der Waals surface area contributed by atoms with Gasteiger partial charge >= 0.3 is 12.1 Å². The lowest BCUT2D eigenvalue weighted by Gasteiger charge is -2.19. The van der Waals surface area contributed by atoms with Gasteiger partial charge in [-0.3, -0.25) is 9.69 Å². The highest BCUT2D eigenvalue weighted by Gasteiger charge is 2.17. The molecule has 0 unspecified atom stereocenters. The summed E-state index contributed by atoms with van der Waals surface area (Å²) in [4.78, 5) is 24.9. The number of nitrogens with zero attached hydrogens (tertiary/aromatic N) is 1. The summed E-state index contributed by atoms with van der Waals surface area (Å²) in [6.07, 6.45) is 10.5. The molecule has 6 heteroatoms. The number of methoxy groups -OCH3 is 1. The minimum Gasteiger partial charge on any atom is -0.464 e. The van der Waals surface area contributed by atoms with Crippen molar-refractivity contribution in [2.24, 2.45) is 0 Å². The maximum absolute atomic E-state index is 11.8. The van der Waals surface area contributed by atoms with E-state index >= 15 is 0 Å². The van der Waals surface area contributed by atoms with Crippen LogP contribution >= 0.6 is 0 Å². The number of rotatable bonds is 16. The summed E-state index contributed by atoms with van der Waals surface area (Å²) in [7, 11) is 1.54. The molecular weight excluding hydrogens is 322 g/mol. The van der Waals surface area contributed by atoms with E-state index in [2.05, 4.69) is 6.92 Å². The van der Waals surface area contributed by atoms with Gasteiger partial charge in [0, 0.05) is 13.7 Å². The third-order valence-corrected chi connectivity index (χ3v) is 3.98. The Morgan fingerprint density at radius 1 is 0.760 bits per heavy atom. The molecule has 0 aromatic heterocycles. The van der Waals surface area contributed by atoms with Crippen LogP contribution in [-0.4, -0.2) is 57.0 Å². The van der Waals surface area contributed by atoms with E-state index in [0.29, 0.717) is 19.8 Å². The van der Waals surface area contributed by atoms with Crippen molar-refractivity contribution < 1.29 is 23.8 Å². The Morgan fingerprint density at radius 2 is 1.36 bits per heavy atom. The van der Waals surface area contributed by atoms with E-state index in [1.807, 2.05) is 0 Å². The molecule has 0 fully saturated rings. The number of hydrogen-bond acceptors (Lipinski definition) is 5. The zero-order chi connectivity index (χ0) is 18.8. The number of carbonyl (C=O) groups excluding carboxylic acids is 2. The van der Waals surface area contributed by atoms with Gasteiger partial charge in [0.2, 0.25) is 0 Å².